The van der Waals surface area contributed by atoms with Crippen molar-refractivity contribution in [3.63, 3.8) is 0 Å². The molecule has 0 heterocycles. The molecule has 0 unspecified atom stereocenters. The Kier molecular flexibility index (Phi) is 9.62. The molecule has 34 heavy (non-hydrogen) atoms. The van der Waals surface area contributed by atoms with Crippen LogP contribution in [-0.2, 0) is 17.8 Å². The largest absolute Gasteiger partial charge is 0.494 e. The lowest BCUT2D eigenvalue weighted by Crippen LogP contribution is -2.19. The first-order chi connectivity index (χ1) is 16.5. The summed E-state index contributed by atoms with van der Waals surface area (Å²) in [6.07, 6.45) is 1.77. The minimum atomic E-state index is -0.216. The summed E-state index contributed by atoms with van der Waals surface area (Å²) in [5.74, 6) is 1.73. The summed E-state index contributed by atoms with van der Waals surface area (Å²) in [6.45, 7) is 5.21. The predicted octanol–water partition coefficient (Wildman–Crippen LogP) is 6.06. The summed E-state index contributed by atoms with van der Waals surface area (Å²) in [4.78, 5) is 12.2. The van der Waals surface area contributed by atoms with Crippen molar-refractivity contribution in [3.8, 4) is 17.2 Å². The quantitative estimate of drug-likeness (QED) is 0.256. The second-order valence-electron chi connectivity index (χ2n) is 7.22. The van der Waals surface area contributed by atoms with Crippen LogP contribution in [0.25, 0.3) is 0 Å². The molecule has 0 aromatic heterocycles. The van der Waals surface area contributed by atoms with Crippen LogP contribution < -0.4 is 19.6 Å². The van der Waals surface area contributed by atoms with Crippen molar-refractivity contribution in [2.24, 2.45) is 5.10 Å². The summed E-state index contributed by atoms with van der Waals surface area (Å²) < 4.78 is 17.0. The van der Waals surface area contributed by atoms with Gasteiger partial charge in [0.05, 0.1) is 35.9 Å². The van der Waals surface area contributed by atoms with Gasteiger partial charge in [0.1, 0.15) is 12.4 Å². The van der Waals surface area contributed by atoms with E-state index in [2.05, 4.69) is 10.5 Å². The molecule has 0 aliphatic carbocycles. The van der Waals surface area contributed by atoms with Gasteiger partial charge in [-0.15, -0.1) is 0 Å². The Hall–Kier alpha value is -3.22. The maximum Gasteiger partial charge on any atom is 0.244 e. The normalized spacial score (nSPS) is 10.8. The molecule has 0 aliphatic heterocycles. The van der Waals surface area contributed by atoms with E-state index < -0.39 is 0 Å². The van der Waals surface area contributed by atoms with Crippen molar-refractivity contribution in [2.45, 2.75) is 26.9 Å². The van der Waals surface area contributed by atoms with E-state index in [-0.39, 0.29) is 12.3 Å². The number of hydrazone groups is 1. The van der Waals surface area contributed by atoms with Crippen LogP contribution in [0.15, 0.2) is 65.8 Å². The molecule has 0 aliphatic rings. The van der Waals surface area contributed by atoms with Crippen molar-refractivity contribution >= 4 is 35.3 Å². The smallest absolute Gasteiger partial charge is 0.244 e. The highest BCUT2D eigenvalue weighted by Crippen LogP contribution is 2.30. The second kappa shape index (κ2) is 12.9. The van der Waals surface area contributed by atoms with E-state index in [0.717, 1.165) is 22.4 Å². The fourth-order valence-corrected chi connectivity index (χ4v) is 3.38. The summed E-state index contributed by atoms with van der Waals surface area (Å²) >= 11 is 12.0. The second-order valence-corrected chi connectivity index (χ2v) is 8.04. The minimum Gasteiger partial charge on any atom is -0.494 e. The molecular weight excluding hydrogens is 475 g/mol. The molecule has 0 fully saturated rings. The van der Waals surface area contributed by atoms with Gasteiger partial charge in [-0.05, 0) is 73.0 Å². The first-order valence-electron chi connectivity index (χ1n) is 10.9. The van der Waals surface area contributed by atoms with Gasteiger partial charge in [-0.2, -0.15) is 5.10 Å². The number of nitrogens with one attached hydrogen (secondary N) is 1. The fraction of sp³-hybridized carbons (Fsp3) is 0.231. The average molecular weight is 501 g/mol. The van der Waals surface area contributed by atoms with Gasteiger partial charge in [-0.1, -0.05) is 41.4 Å². The molecule has 0 radical (unpaired) electrons. The van der Waals surface area contributed by atoms with E-state index in [1.165, 1.54) is 0 Å². The number of hydrogen-bond donors (Lipinski definition) is 1. The highest BCUT2D eigenvalue weighted by molar-refractivity contribution is 6.42. The molecule has 3 aromatic carbocycles. The molecule has 3 rings (SSSR count). The van der Waals surface area contributed by atoms with E-state index in [1.54, 1.807) is 30.5 Å². The number of ether oxygens (including phenoxy) is 3. The number of carbonyl (C=O) groups excluding carboxylic acids is 1. The van der Waals surface area contributed by atoms with Crippen molar-refractivity contribution < 1.29 is 19.0 Å². The first-order valence-corrected chi connectivity index (χ1v) is 11.6. The van der Waals surface area contributed by atoms with Gasteiger partial charge in [0.2, 0.25) is 5.91 Å². The van der Waals surface area contributed by atoms with Gasteiger partial charge in [0.15, 0.2) is 11.5 Å². The molecule has 1 N–H and O–H groups in total. The zero-order valence-electron chi connectivity index (χ0n) is 19.0. The predicted molar refractivity (Wildman–Crippen MR) is 135 cm³/mol. The van der Waals surface area contributed by atoms with Crippen molar-refractivity contribution in [3.05, 3.63) is 87.4 Å². The Labute approximate surface area is 209 Å². The van der Waals surface area contributed by atoms with Crippen molar-refractivity contribution in [2.75, 3.05) is 13.2 Å². The topological polar surface area (TPSA) is 69.2 Å². The molecule has 6 nitrogen and oxygen atoms in total. The van der Waals surface area contributed by atoms with Gasteiger partial charge in [0.25, 0.3) is 0 Å². The van der Waals surface area contributed by atoms with Crippen LogP contribution in [0.3, 0.4) is 0 Å². The van der Waals surface area contributed by atoms with Crippen molar-refractivity contribution in [1.82, 2.24) is 5.43 Å². The molecule has 178 valence electrons. The number of nitrogens with zero attached hydrogens (tertiary/aromatic N) is 1. The number of hydrogen-bond acceptors (Lipinski definition) is 5. The SMILES string of the molecule is CCOc1ccc(CC(=O)N/N=C\c2ccc(OCc3ccc(Cl)c(Cl)c3)c(OCC)c2)cc1. The lowest BCUT2D eigenvalue weighted by Gasteiger charge is -2.13. The third kappa shape index (κ3) is 7.68. The highest BCUT2D eigenvalue weighted by atomic mass is 35.5. The Balaban J connectivity index is 1.57. The van der Waals surface area contributed by atoms with Crippen LogP contribution in [0.5, 0.6) is 17.2 Å². The van der Waals surface area contributed by atoms with E-state index in [4.69, 9.17) is 37.4 Å². The maximum absolute atomic E-state index is 12.2. The van der Waals surface area contributed by atoms with Gasteiger partial charge < -0.3 is 14.2 Å². The molecule has 3 aromatic rings. The Morgan fingerprint density at radius 3 is 2.29 bits per heavy atom. The zero-order chi connectivity index (χ0) is 24.3. The Morgan fingerprint density at radius 1 is 0.853 bits per heavy atom. The molecule has 0 saturated carbocycles. The summed E-state index contributed by atoms with van der Waals surface area (Å²) in [5, 5.41) is 5.03. The number of benzene rings is 3. The number of rotatable bonds is 11. The number of amides is 1. The fourth-order valence-electron chi connectivity index (χ4n) is 3.06. The molecule has 0 bridgehead atoms. The summed E-state index contributed by atoms with van der Waals surface area (Å²) in [5.41, 5.74) is 5.06. The lowest BCUT2D eigenvalue weighted by molar-refractivity contribution is -0.120. The third-order valence-corrected chi connectivity index (χ3v) is 5.39. The average Bonchev–Trinajstić information content (AvgIpc) is 2.82. The van der Waals surface area contributed by atoms with Gasteiger partial charge in [-0.3, -0.25) is 4.79 Å². The molecular formula is C26H26Cl2N2O4. The van der Waals surface area contributed by atoms with Crippen molar-refractivity contribution in [1.29, 1.82) is 0 Å². The lowest BCUT2D eigenvalue weighted by atomic mass is 10.1. The maximum atomic E-state index is 12.2. The standard InChI is InChI=1S/C26H26Cl2N2O4/c1-3-32-21-9-5-18(6-10-21)15-26(31)30-29-16-19-8-12-24(25(14-19)33-4-2)34-17-20-7-11-22(27)23(28)13-20/h5-14,16H,3-4,15,17H2,1-2H3,(H,30,31)/b29-16-. The van der Waals surface area contributed by atoms with Gasteiger partial charge in [0, 0.05) is 0 Å². The van der Waals surface area contributed by atoms with E-state index in [9.17, 15) is 4.79 Å². The third-order valence-electron chi connectivity index (χ3n) is 4.65. The molecule has 0 saturated heterocycles. The number of carbonyl (C=O) groups is 1. The van der Waals surface area contributed by atoms with Crippen LogP contribution in [-0.4, -0.2) is 25.3 Å². The van der Waals surface area contributed by atoms with Gasteiger partial charge >= 0.3 is 0 Å². The van der Waals surface area contributed by atoms with Crippen LogP contribution in [0, 0.1) is 0 Å². The van der Waals surface area contributed by atoms with Crippen LogP contribution in [0.2, 0.25) is 10.0 Å². The van der Waals surface area contributed by atoms with Crippen LogP contribution in [0.1, 0.15) is 30.5 Å². The molecule has 0 atom stereocenters. The molecule has 1 amide bonds. The highest BCUT2D eigenvalue weighted by Gasteiger charge is 2.08. The van der Waals surface area contributed by atoms with Gasteiger partial charge in [-0.25, -0.2) is 5.43 Å². The Bertz CT molecular complexity index is 1130. The molecule has 8 heteroatoms. The zero-order valence-corrected chi connectivity index (χ0v) is 20.5. The monoisotopic (exact) mass is 500 g/mol. The first kappa shape index (κ1) is 25.4. The molecule has 0 spiro atoms. The van der Waals surface area contributed by atoms with Crippen LogP contribution in [0.4, 0.5) is 0 Å². The number of halogens is 2. The minimum absolute atomic E-state index is 0.216. The van der Waals surface area contributed by atoms with E-state index in [0.29, 0.717) is 41.4 Å². The van der Waals surface area contributed by atoms with E-state index >= 15 is 0 Å². The van der Waals surface area contributed by atoms with Crippen LogP contribution >= 0.6 is 23.2 Å². The Morgan fingerprint density at radius 2 is 1.59 bits per heavy atom. The van der Waals surface area contributed by atoms with E-state index in [1.807, 2.05) is 50.2 Å². The summed E-state index contributed by atoms with van der Waals surface area (Å²) in [6, 6.07) is 18.2. The summed E-state index contributed by atoms with van der Waals surface area (Å²) in [7, 11) is 0.